The molecule has 0 saturated heterocycles. The zero-order valence-electron chi connectivity index (χ0n) is 29.8. The molecule has 23 nitrogen and oxygen atoms in total. The number of fused-ring (bicyclic) bond motifs is 2. The molecule has 0 aliphatic heterocycles. The predicted molar refractivity (Wildman–Crippen MR) is 219 cm³/mol. The summed E-state index contributed by atoms with van der Waals surface area (Å²) in [6, 6.07) is 14.6. The number of anilines is 6. The third-order valence-corrected chi connectivity index (χ3v) is 11.9. The second-order valence-corrected chi connectivity index (χ2v) is 18.0. The number of hydrogen-bond acceptors (Lipinski definition) is 17. The normalized spacial score (nSPS) is 12.7. The first-order chi connectivity index (χ1) is 27.8. The number of rotatable bonds is 10. The quantitative estimate of drug-likeness (QED) is 0.0442. The molecule has 0 atom stereocenters. The molecule has 0 aliphatic carbocycles. The van der Waals surface area contributed by atoms with Crippen molar-refractivity contribution in [3.8, 4) is 0 Å². The Labute approximate surface area is 338 Å². The highest BCUT2D eigenvalue weighted by atomic mass is 32.2. The number of hydrogen-bond donors (Lipinski definition) is 10. The molecule has 2 amide bonds. The molecule has 6 rings (SSSR count). The van der Waals surface area contributed by atoms with E-state index in [1.54, 1.807) is 0 Å². The fourth-order valence-electron chi connectivity index (χ4n) is 5.88. The van der Waals surface area contributed by atoms with Gasteiger partial charge in [-0.2, -0.15) is 33.7 Å². The van der Waals surface area contributed by atoms with Gasteiger partial charge in [0.1, 0.15) is 32.5 Å². The third kappa shape index (κ3) is 8.76. The first-order valence-electron chi connectivity index (χ1n) is 16.2. The lowest BCUT2D eigenvalue weighted by Gasteiger charge is -2.14. The van der Waals surface area contributed by atoms with Gasteiger partial charge in [0, 0.05) is 22.1 Å². The number of nitrogens with one attached hydrogen (secondary N) is 2. The van der Waals surface area contributed by atoms with Crippen molar-refractivity contribution in [2.24, 2.45) is 20.5 Å². The number of nitrogen functional groups attached to an aromatic ring is 4. The first-order valence-corrected chi connectivity index (χ1v) is 21.9. The third-order valence-electron chi connectivity index (χ3n) is 8.36. The molecule has 6 aromatic carbocycles. The van der Waals surface area contributed by atoms with Crippen molar-refractivity contribution in [3.05, 3.63) is 84.9 Å². The van der Waals surface area contributed by atoms with E-state index in [2.05, 4.69) is 31.1 Å². The number of nitrogens with two attached hydrogens (primary N) is 4. The minimum absolute atomic E-state index is 0.0589. The maximum absolute atomic E-state index is 13.3. The monoisotopic (exact) mass is 900 g/mol. The average molecular weight is 901 g/mol. The maximum atomic E-state index is 13.3. The molecule has 312 valence electrons. The van der Waals surface area contributed by atoms with Crippen molar-refractivity contribution in [1.82, 2.24) is 0 Å². The minimum Gasteiger partial charge on any atom is -0.398 e. The lowest BCUT2D eigenvalue weighted by molar-refractivity contribution is 0.262. The second-order valence-electron chi connectivity index (χ2n) is 12.4. The van der Waals surface area contributed by atoms with E-state index in [1.165, 1.54) is 36.4 Å². The summed E-state index contributed by atoms with van der Waals surface area (Å²) in [6.45, 7) is 0. The Kier molecular flexibility index (Phi) is 11.0. The Morgan fingerprint density at radius 3 is 1.17 bits per heavy atom. The van der Waals surface area contributed by atoms with Gasteiger partial charge in [-0.1, -0.05) is 24.3 Å². The summed E-state index contributed by atoms with van der Waals surface area (Å²) in [4.78, 5) is 10.2. The van der Waals surface area contributed by atoms with Crippen molar-refractivity contribution in [1.29, 1.82) is 0 Å². The Morgan fingerprint density at radius 1 is 0.467 bits per heavy atom. The van der Waals surface area contributed by atoms with Crippen LogP contribution in [0.1, 0.15) is 0 Å². The van der Waals surface area contributed by atoms with Gasteiger partial charge < -0.3 is 33.6 Å². The van der Waals surface area contributed by atoms with E-state index in [4.69, 9.17) is 22.9 Å². The van der Waals surface area contributed by atoms with E-state index in [1.807, 2.05) is 0 Å². The van der Waals surface area contributed by atoms with Crippen LogP contribution in [0.4, 0.5) is 61.7 Å². The molecule has 60 heavy (non-hydrogen) atoms. The van der Waals surface area contributed by atoms with Crippen LogP contribution in [0.25, 0.3) is 21.5 Å². The Hall–Kier alpha value is -6.85. The molecule has 14 N–H and O–H groups in total. The number of urea groups is 1. The molecule has 0 fully saturated rings. The summed E-state index contributed by atoms with van der Waals surface area (Å²) in [7, 11) is -19.8. The predicted octanol–water partition coefficient (Wildman–Crippen LogP) is 5.78. The van der Waals surface area contributed by atoms with Gasteiger partial charge in [-0.3, -0.25) is 18.2 Å². The van der Waals surface area contributed by atoms with Crippen LogP contribution in [0.3, 0.4) is 0 Å². The molecule has 0 saturated carbocycles. The highest BCUT2D eigenvalue weighted by molar-refractivity contribution is 7.86. The minimum atomic E-state index is -5.24. The standard InChI is InChI=1S/C33H28N10O13S4/c34-19-9-7-15-11-17(57(45,46)47)13-21(36)27(15)29(19)42-40-25-5-1-3-23(31(25)59(51,52)53)38-33(44)39-24-4-2-6-26(32(24)60(54,55)56)41-43-30-20(35)10-8-16-12-18(58(48,49)50)14-22(37)28(16)30/h1-14H,34-37H2,(H2,38,39,44)(H,45,46,47)(H,48,49,50)(H,51,52,53)(H,54,55,56). The molecule has 0 aromatic heterocycles. The SMILES string of the molecule is Nc1ccc2cc(S(=O)(=O)O)cc(N)c2c1N=Nc1cccc(NC(=O)Nc2cccc(N=Nc3c(N)ccc4cc(S(=O)(=O)O)cc(N)c34)c2S(=O)(=O)O)c1S(=O)(=O)O. The molecule has 0 unspecified atom stereocenters. The van der Waals surface area contributed by atoms with Crippen LogP contribution in [0, 0.1) is 0 Å². The number of carbonyl (C=O) groups excluding carboxylic acids is 1. The number of carbonyl (C=O) groups is 1. The van der Waals surface area contributed by atoms with Gasteiger partial charge in [-0.05, 0) is 71.4 Å². The summed E-state index contributed by atoms with van der Waals surface area (Å²) >= 11 is 0. The van der Waals surface area contributed by atoms with Crippen LogP contribution in [0.15, 0.2) is 125 Å². The largest absolute Gasteiger partial charge is 0.398 e. The van der Waals surface area contributed by atoms with E-state index < -0.39 is 88.8 Å². The number of amides is 2. The van der Waals surface area contributed by atoms with Gasteiger partial charge in [-0.25, -0.2) is 4.79 Å². The number of benzene rings is 6. The molecule has 0 heterocycles. The van der Waals surface area contributed by atoms with Crippen LogP contribution in [-0.4, -0.2) is 57.9 Å². The van der Waals surface area contributed by atoms with Gasteiger partial charge in [0.25, 0.3) is 40.5 Å². The second kappa shape index (κ2) is 15.4. The highest BCUT2D eigenvalue weighted by Crippen LogP contribution is 2.42. The molecule has 0 radical (unpaired) electrons. The molecule has 0 aliphatic rings. The summed E-state index contributed by atoms with van der Waals surface area (Å²) < 4.78 is 137. The molecule has 6 aromatic rings. The first kappa shape index (κ1) is 42.7. The molecular weight excluding hydrogens is 873 g/mol. The van der Waals surface area contributed by atoms with Crippen molar-refractivity contribution in [2.75, 3.05) is 33.6 Å². The fraction of sp³-hybridized carbons (Fsp3) is 0. The Balaban J connectivity index is 1.35. The number of nitrogens with zero attached hydrogens (tertiary/aromatic N) is 4. The molecule has 0 bridgehead atoms. The number of azo groups is 2. The Morgan fingerprint density at radius 2 is 0.833 bits per heavy atom. The van der Waals surface area contributed by atoms with E-state index in [-0.39, 0.29) is 55.7 Å². The summed E-state index contributed by atoms with van der Waals surface area (Å²) in [5, 5.41) is 20.4. The molecule has 27 heteroatoms. The van der Waals surface area contributed by atoms with Gasteiger partial charge in [0.15, 0.2) is 0 Å². The maximum Gasteiger partial charge on any atom is 0.323 e. The van der Waals surface area contributed by atoms with E-state index in [0.29, 0.717) is 0 Å². The topological polar surface area (TPSA) is 412 Å². The van der Waals surface area contributed by atoms with Crippen LogP contribution >= 0.6 is 0 Å². The van der Waals surface area contributed by atoms with Gasteiger partial charge in [-0.15, -0.1) is 20.5 Å². The average Bonchev–Trinajstić information content (AvgIpc) is 3.12. The van der Waals surface area contributed by atoms with Crippen molar-refractivity contribution >= 4 is 125 Å². The molecular formula is C33H28N10O13S4. The van der Waals surface area contributed by atoms with E-state index >= 15 is 0 Å². The van der Waals surface area contributed by atoms with Gasteiger partial charge >= 0.3 is 6.03 Å². The highest BCUT2D eigenvalue weighted by Gasteiger charge is 2.26. The van der Waals surface area contributed by atoms with Crippen LogP contribution in [-0.2, 0) is 40.5 Å². The van der Waals surface area contributed by atoms with E-state index in [0.717, 1.165) is 48.5 Å². The fourth-order valence-corrected chi connectivity index (χ4v) is 8.52. The van der Waals surface area contributed by atoms with Crippen molar-refractivity contribution in [3.63, 3.8) is 0 Å². The zero-order valence-corrected chi connectivity index (χ0v) is 33.0. The van der Waals surface area contributed by atoms with Crippen molar-refractivity contribution < 1.29 is 56.7 Å². The van der Waals surface area contributed by atoms with Gasteiger partial charge in [0.2, 0.25) is 0 Å². The summed E-state index contributed by atoms with van der Waals surface area (Å²) in [5.74, 6) is 0. The molecule has 0 spiro atoms. The van der Waals surface area contributed by atoms with Gasteiger partial charge in [0.05, 0.1) is 32.5 Å². The van der Waals surface area contributed by atoms with Crippen LogP contribution in [0.5, 0.6) is 0 Å². The zero-order chi connectivity index (χ0) is 44.1. The summed E-state index contributed by atoms with van der Waals surface area (Å²) in [5.41, 5.74) is 21.0. The van der Waals surface area contributed by atoms with Crippen LogP contribution < -0.4 is 33.6 Å². The van der Waals surface area contributed by atoms with E-state index in [9.17, 15) is 56.7 Å². The summed E-state index contributed by atoms with van der Waals surface area (Å²) in [6.07, 6.45) is 0. The smallest absolute Gasteiger partial charge is 0.323 e. The lowest BCUT2D eigenvalue weighted by Crippen LogP contribution is -2.22. The van der Waals surface area contributed by atoms with Crippen LogP contribution in [0.2, 0.25) is 0 Å². The lowest BCUT2D eigenvalue weighted by atomic mass is 10.1. The van der Waals surface area contributed by atoms with Crippen molar-refractivity contribution in [2.45, 2.75) is 19.6 Å². The Bertz CT molecular complexity index is 3120.